The Morgan fingerprint density at radius 1 is 1.00 bits per heavy atom. The minimum Gasteiger partial charge on any atom is -0.507 e. The van der Waals surface area contributed by atoms with Gasteiger partial charge in [-0.1, -0.05) is 41.5 Å². The van der Waals surface area contributed by atoms with Gasteiger partial charge in [-0.15, -0.1) is 0 Å². The van der Waals surface area contributed by atoms with Gasteiger partial charge in [0.05, 0.1) is 5.69 Å². The molecule has 0 fully saturated rings. The molecule has 122 valence electrons. The lowest BCUT2D eigenvalue weighted by Gasteiger charge is -2.28. The quantitative estimate of drug-likeness (QED) is 0.380. The number of amides is 2. The number of phenols is 1. The van der Waals surface area contributed by atoms with Crippen LogP contribution in [0.25, 0.3) is 0 Å². The highest BCUT2D eigenvalue weighted by atomic mass is 16.3. The van der Waals surface area contributed by atoms with Crippen molar-refractivity contribution in [2.45, 2.75) is 52.4 Å². The Morgan fingerprint density at radius 3 is 1.73 bits per heavy atom. The molecule has 0 aliphatic carbocycles. The molecule has 0 aromatic heterocycles. The molecule has 1 aromatic rings. The molecular weight excluding hydrogens is 282 g/mol. The van der Waals surface area contributed by atoms with Crippen molar-refractivity contribution in [2.75, 3.05) is 5.43 Å². The number of carbonyl (C=O) groups is 2. The molecule has 0 radical (unpaired) electrons. The summed E-state index contributed by atoms with van der Waals surface area (Å²) in [5, 5.41) is 10.6. The third kappa shape index (κ3) is 4.13. The van der Waals surface area contributed by atoms with Crippen molar-refractivity contribution >= 4 is 17.5 Å². The van der Waals surface area contributed by atoms with Gasteiger partial charge in [0.2, 0.25) is 0 Å². The molecule has 0 bridgehead atoms. The minimum atomic E-state index is -1.07. The molecule has 1 rings (SSSR count). The van der Waals surface area contributed by atoms with Gasteiger partial charge in [-0.3, -0.25) is 20.4 Å². The number of anilines is 1. The summed E-state index contributed by atoms with van der Waals surface area (Å²) in [5.74, 6) is -1.76. The molecule has 0 saturated heterocycles. The summed E-state index contributed by atoms with van der Waals surface area (Å²) in [7, 11) is 0. The normalized spacial score (nSPS) is 11.9. The van der Waals surface area contributed by atoms with E-state index in [1.54, 1.807) is 12.1 Å². The zero-order valence-corrected chi connectivity index (χ0v) is 14.0. The molecule has 0 unspecified atom stereocenters. The molecule has 6 heteroatoms. The highest BCUT2D eigenvalue weighted by Crippen LogP contribution is 2.40. The summed E-state index contributed by atoms with van der Waals surface area (Å²) in [5.41, 5.74) is 11.3. The van der Waals surface area contributed by atoms with Crippen molar-refractivity contribution in [3.63, 3.8) is 0 Å². The Hall–Kier alpha value is -2.24. The van der Waals surface area contributed by atoms with Gasteiger partial charge in [-0.05, 0) is 23.0 Å². The first-order chi connectivity index (χ1) is 9.84. The summed E-state index contributed by atoms with van der Waals surface area (Å²) >= 11 is 0. The van der Waals surface area contributed by atoms with E-state index in [0.29, 0.717) is 5.69 Å². The monoisotopic (exact) mass is 307 g/mol. The second kappa shape index (κ2) is 5.87. The number of aromatic hydroxyl groups is 1. The van der Waals surface area contributed by atoms with Crippen LogP contribution in [0.2, 0.25) is 0 Å². The summed E-state index contributed by atoms with van der Waals surface area (Å²) in [6, 6.07) is 3.48. The van der Waals surface area contributed by atoms with Gasteiger partial charge in [-0.2, -0.15) is 0 Å². The van der Waals surface area contributed by atoms with Gasteiger partial charge in [-0.25, -0.2) is 0 Å². The van der Waals surface area contributed by atoms with E-state index in [-0.39, 0.29) is 16.6 Å². The fourth-order valence-corrected chi connectivity index (χ4v) is 2.04. The molecule has 0 atom stereocenters. The standard InChI is InChI=1S/C16H25N3O3/c1-15(2,3)10-7-9(18-19-14(22)13(17)21)8-11(12(10)20)16(4,5)6/h7-8,18,20H,1-6H3,(H2,17,21)(H,19,22). The van der Waals surface area contributed by atoms with E-state index in [1.165, 1.54) is 0 Å². The highest BCUT2D eigenvalue weighted by Gasteiger charge is 2.26. The van der Waals surface area contributed by atoms with Crippen molar-refractivity contribution in [1.29, 1.82) is 0 Å². The molecule has 0 heterocycles. The van der Waals surface area contributed by atoms with E-state index in [2.05, 4.69) is 10.9 Å². The largest absolute Gasteiger partial charge is 0.507 e. The molecular formula is C16H25N3O3. The maximum absolute atomic E-state index is 11.2. The SMILES string of the molecule is CC(C)(C)c1cc(NNC(=O)C(N)=O)cc(C(C)(C)C)c1O. The molecule has 2 amide bonds. The number of rotatable bonds is 2. The van der Waals surface area contributed by atoms with Crippen molar-refractivity contribution in [2.24, 2.45) is 5.73 Å². The third-order valence-corrected chi connectivity index (χ3v) is 3.27. The number of carbonyl (C=O) groups excluding carboxylic acids is 2. The van der Waals surface area contributed by atoms with E-state index in [9.17, 15) is 14.7 Å². The van der Waals surface area contributed by atoms with Crippen molar-refractivity contribution in [3.8, 4) is 5.75 Å². The lowest BCUT2D eigenvalue weighted by molar-refractivity contribution is -0.136. The number of phenolic OH excluding ortho intramolecular Hbond substituents is 1. The predicted octanol–water partition coefficient (Wildman–Crippen LogP) is 1.92. The second-order valence-electron chi connectivity index (χ2n) is 7.36. The Morgan fingerprint density at radius 2 is 1.41 bits per heavy atom. The van der Waals surface area contributed by atoms with Crippen molar-refractivity contribution in [3.05, 3.63) is 23.3 Å². The first-order valence-corrected chi connectivity index (χ1v) is 7.08. The van der Waals surface area contributed by atoms with Gasteiger partial charge in [0.1, 0.15) is 5.75 Å². The third-order valence-electron chi connectivity index (χ3n) is 3.27. The molecule has 0 aliphatic rings. The van der Waals surface area contributed by atoms with Crippen LogP contribution in [0, 0.1) is 0 Å². The first kappa shape index (κ1) is 17.8. The number of primary amides is 1. The smallest absolute Gasteiger partial charge is 0.327 e. The molecule has 0 aliphatic heterocycles. The molecule has 6 nitrogen and oxygen atoms in total. The van der Waals surface area contributed by atoms with Crippen LogP contribution in [0.1, 0.15) is 52.7 Å². The number of hydrazine groups is 1. The topological polar surface area (TPSA) is 104 Å². The highest BCUT2D eigenvalue weighted by molar-refractivity contribution is 6.34. The maximum Gasteiger partial charge on any atom is 0.327 e. The summed E-state index contributed by atoms with van der Waals surface area (Å²) in [6.07, 6.45) is 0. The average Bonchev–Trinajstić information content (AvgIpc) is 2.33. The summed E-state index contributed by atoms with van der Waals surface area (Å²) in [4.78, 5) is 22.0. The van der Waals surface area contributed by atoms with Gasteiger partial charge in [0.15, 0.2) is 0 Å². The Kier molecular flexibility index (Phi) is 4.75. The van der Waals surface area contributed by atoms with E-state index in [0.717, 1.165) is 11.1 Å². The summed E-state index contributed by atoms with van der Waals surface area (Å²) in [6.45, 7) is 11.9. The zero-order chi connectivity index (χ0) is 17.3. The molecule has 1 aromatic carbocycles. The summed E-state index contributed by atoms with van der Waals surface area (Å²) < 4.78 is 0. The van der Waals surface area contributed by atoms with Crippen LogP contribution < -0.4 is 16.6 Å². The lowest BCUT2D eigenvalue weighted by Crippen LogP contribution is -2.39. The fraction of sp³-hybridized carbons (Fsp3) is 0.500. The van der Waals surface area contributed by atoms with E-state index in [1.807, 2.05) is 41.5 Å². The van der Waals surface area contributed by atoms with E-state index >= 15 is 0 Å². The first-order valence-electron chi connectivity index (χ1n) is 7.08. The van der Waals surface area contributed by atoms with Crippen LogP contribution in [0.15, 0.2) is 12.1 Å². The number of hydrogen-bond acceptors (Lipinski definition) is 4. The second-order valence-corrected chi connectivity index (χ2v) is 7.36. The lowest BCUT2D eigenvalue weighted by atomic mass is 9.79. The van der Waals surface area contributed by atoms with Crippen molar-refractivity contribution < 1.29 is 14.7 Å². The number of benzene rings is 1. The Labute approximate surface area is 131 Å². The molecule has 0 spiro atoms. The average molecular weight is 307 g/mol. The van der Waals surface area contributed by atoms with Crippen LogP contribution in [-0.4, -0.2) is 16.9 Å². The fourth-order valence-electron chi connectivity index (χ4n) is 2.04. The Bertz CT molecular complexity index is 561. The van der Waals surface area contributed by atoms with Gasteiger partial charge < -0.3 is 10.8 Å². The zero-order valence-electron chi connectivity index (χ0n) is 14.0. The van der Waals surface area contributed by atoms with Crippen LogP contribution >= 0.6 is 0 Å². The van der Waals surface area contributed by atoms with Gasteiger partial charge in [0, 0.05) is 11.1 Å². The van der Waals surface area contributed by atoms with E-state index in [4.69, 9.17) is 5.73 Å². The predicted molar refractivity (Wildman–Crippen MR) is 86.5 cm³/mol. The van der Waals surface area contributed by atoms with E-state index < -0.39 is 11.8 Å². The van der Waals surface area contributed by atoms with Crippen LogP contribution in [0.3, 0.4) is 0 Å². The molecule has 5 N–H and O–H groups in total. The molecule has 22 heavy (non-hydrogen) atoms. The number of nitrogens with two attached hydrogens (primary N) is 1. The number of nitrogens with one attached hydrogen (secondary N) is 2. The minimum absolute atomic E-state index is 0.242. The van der Waals surface area contributed by atoms with Crippen molar-refractivity contribution in [1.82, 2.24) is 5.43 Å². The van der Waals surface area contributed by atoms with Gasteiger partial charge in [0.25, 0.3) is 0 Å². The van der Waals surface area contributed by atoms with Crippen LogP contribution in [-0.2, 0) is 20.4 Å². The van der Waals surface area contributed by atoms with Gasteiger partial charge >= 0.3 is 11.8 Å². The van der Waals surface area contributed by atoms with Crippen LogP contribution in [0.4, 0.5) is 5.69 Å². The van der Waals surface area contributed by atoms with Crippen LogP contribution in [0.5, 0.6) is 5.75 Å². The molecule has 0 saturated carbocycles. The Balaban J connectivity index is 3.30. The maximum atomic E-state index is 11.2. The number of hydrogen-bond donors (Lipinski definition) is 4.